The fourth-order valence-electron chi connectivity index (χ4n) is 1.93. The van der Waals surface area contributed by atoms with Gasteiger partial charge in [0.15, 0.2) is 0 Å². The minimum atomic E-state index is -0.709. The number of quaternary nitrogens is 1. The van der Waals surface area contributed by atoms with E-state index < -0.39 is 5.97 Å². The number of unbranched alkanes of at least 4 members (excludes halogenated alkanes) is 6. The fourth-order valence-corrected chi connectivity index (χ4v) is 1.93. The summed E-state index contributed by atoms with van der Waals surface area (Å²) in [6.07, 6.45) is 7.79. The predicted molar refractivity (Wildman–Crippen MR) is 83.0 cm³/mol. The molecule has 0 heterocycles. The van der Waals surface area contributed by atoms with Crippen LogP contribution in [0.25, 0.3) is 0 Å². The lowest BCUT2D eigenvalue weighted by Crippen LogP contribution is -2.37. The normalized spacial score (nSPS) is 11.4. The minimum Gasteiger partial charge on any atom is -0.481 e. The number of hydrogen-bond acceptors (Lipinski definition) is 3. The van der Waals surface area contributed by atoms with Gasteiger partial charge in [-0.1, -0.05) is 32.1 Å². The third kappa shape index (κ3) is 16.8. The molecule has 0 spiro atoms. The van der Waals surface area contributed by atoms with Crippen LogP contribution in [0.5, 0.6) is 0 Å². The first-order valence-electron chi connectivity index (χ1n) is 7.99. The standard InChI is InChI=1S/C16H31NO4/c1-17(2,3)13-14-21-16(20)12-10-8-6-4-5-7-9-11-15(18)19/h4-14H2,1-3H3/p+1. The summed E-state index contributed by atoms with van der Waals surface area (Å²) in [5, 5.41) is 8.50. The third-order valence-electron chi connectivity index (χ3n) is 3.30. The van der Waals surface area contributed by atoms with Gasteiger partial charge >= 0.3 is 11.9 Å². The van der Waals surface area contributed by atoms with E-state index in [1.807, 2.05) is 0 Å². The van der Waals surface area contributed by atoms with Crippen molar-refractivity contribution in [3.63, 3.8) is 0 Å². The number of carbonyl (C=O) groups is 2. The molecule has 0 aromatic carbocycles. The molecule has 0 aliphatic carbocycles. The average Bonchev–Trinajstić information content (AvgIpc) is 2.34. The van der Waals surface area contributed by atoms with Gasteiger partial charge in [0.05, 0.1) is 21.1 Å². The average molecular weight is 302 g/mol. The number of nitrogens with zero attached hydrogens (tertiary/aromatic N) is 1. The van der Waals surface area contributed by atoms with Crippen LogP contribution in [0.1, 0.15) is 57.8 Å². The molecular weight excluding hydrogens is 270 g/mol. The molecule has 0 unspecified atom stereocenters. The highest BCUT2D eigenvalue weighted by Gasteiger charge is 2.09. The van der Waals surface area contributed by atoms with E-state index in [4.69, 9.17) is 9.84 Å². The van der Waals surface area contributed by atoms with Gasteiger partial charge in [-0.05, 0) is 12.8 Å². The molecule has 0 saturated carbocycles. The molecule has 0 aliphatic heterocycles. The van der Waals surface area contributed by atoms with Gasteiger partial charge in [-0.15, -0.1) is 0 Å². The van der Waals surface area contributed by atoms with Crippen LogP contribution in [0, 0.1) is 0 Å². The molecule has 0 rings (SSSR count). The second-order valence-corrected chi connectivity index (χ2v) is 6.60. The summed E-state index contributed by atoms with van der Waals surface area (Å²) in [6, 6.07) is 0. The Kier molecular flexibility index (Phi) is 10.9. The Morgan fingerprint density at radius 2 is 1.33 bits per heavy atom. The summed E-state index contributed by atoms with van der Waals surface area (Å²) < 4.78 is 5.99. The maximum Gasteiger partial charge on any atom is 0.305 e. The van der Waals surface area contributed by atoms with Crippen LogP contribution in [-0.2, 0) is 14.3 Å². The van der Waals surface area contributed by atoms with Crippen LogP contribution < -0.4 is 0 Å². The number of rotatable bonds is 13. The SMILES string of the molecule is C[N+](C)(C)CCOC(=O)CCCCCCCCCC(=O)O. The second-order valence-electron chi connectivity index (χ2n) is 6.60. The maximum atomic E-state index is 11.5. The number of likely N-dealkylation sites (N-methyl/N-ethyl adjacent to an activating group) is 1. The van der Waals surface area contributed by atoms with Crippen molar-refractivity contribution in [3.05, 3.63) is 0 Å². The number of carboxylic acid groups (broad SMARTS) is 1. The maximum absolute atomic E-state index is 11.5. The molecule has 0 saturated heterocycles. The monoisotopic (exact) mass is 302 g/mol. The van der Waals surface area contributed by atoms with Crippen LogP contribution in [0.3, 0.4) is 0 Å². The molecule has 0 atom stereocenters. The first-order chi connectivity index (χ1) is 9.81. The van der Waals surface area contributed by atoms with E-state index in [2.05, 4.69) is 21.1 Å². The van der Waals surface area contributed by atoms with Crippen LogP contribution in [0.4, 0.5) is 0 Å². The highest BCUT2D eigenvalue weighted by molar-refractivity contribution is 5.69. The topological polar surface area (TPSA) is 63.6 Å². The molecule has 0 amide bonds. The van der Waals surface area contributed by atoms with E-state index in [9.17, 15) is 9.59 Å². The molecule has 0 aromatic heterocycles. The Morgan fingerprint density at radius 1 is 0.857 bits per heavy atom. The number of esters is 1. The van der Waals surface area contributed by atoms with Gasteiger partial charge in [-0.3, -0.25) is 9.59 Å². The Labute approximate surface area is 128 Å². The first-order valence-corrected chi connectivity index (χ1v) is 7.99. The van der Waals surface area contributed by atoms with E-state index in [0.717, 1.165) is 56.0 Å². The summed E-state index contributed by atoms with van der Waals surface area (Å²) >= 11 is 0. The number of aliphatic carboxylic acids is 1. The van der Waals surface area contributed by atoms with Crippen molar-refractivity contribution >= 4 is 11.9 Å². The lowest BCUT2D eigenvalue weighted by Gasteiger charge is -2.23. The number of hydrogen-bond donors (Lipinski definition) is 1. The van der Waals surface area contributed by atoms with E-state index in [-0.39, 0.29) is 12.4 Å². The van der Waals surface area contributed by atoms with Crippen LogP contribution >= 0.6 is 0 Å². The largest absolute Gasteiger partial charge is 0.481 e. The van der Waals surface area contributed by atoms with E-state index in [0.29, 0.717) is 13.0 Å². The number of carbonyl (C=O) groups excluding carboxylic acids is 1. The molecular formula is C16H32NO4+. The molecule has 21 heavy (non-hydrogen) atoms. The summed E-state index contributed by atoms with van der Waals surface area (Å²) in [7, 11) is 6.22. The second kappa shape index (κ2) is 11.5. The lowest BCUT2D eigenvalue weighted by molar-refractivity contribution is -0.870. The van der Waals surface area contributed by atoms with Gasteiger partial charge in [0.2, 0.25) is 0 Å². The first kappa shape index (κ1) is 19.9. The molecule has 0 bridgehead atoms. The van der Waals surface area contributed by atoms with Crippen molar-refractivity contribution in [2.24, 2.45) is 0 Å². The summed E-state index contributed by atoms with van der Waals surface area (Å²) in [4.78, 5) is 21.8. The summed E-state index contributed by atoms with van der Waals surface area (Å²) in [6.45, 7) is 1.33. The molecule has 124 valence electrons. The quantitative estimate of drug-likeness (QED) is 0.323. The highest BCUT2D eigenvalue weighted by atomic mass is 16.5. The Bertz CT molecular complexity index is 297. The van der Waals surface area contributed by atoms with Crippen molar-refractivity contribution < 1.29 is 23.9 Å². The van der Waals surface area contributed by atoms with Crippen molar-refractivity contribution in [2.45, 2.75) is 57.8 Å². The van der Waals surface area contributed by atoms with Gasteiger partial charge in [0.1, 0.15) is 13.2 Å². The van der Waals surface area contributed by atoms with Gasteiger partial charge in [0.25, 0.3) is 0 Å². The molecule has 5 nitrogen and oxygen atoms in total. The Morgan fingerprint density at radius 3 is 1.81 bits per heavy atom. The molecule has 0 fully saturated rings. The summed E-state index contributed by atoms with van der Waals surface area (Å²) in [5.41, 5.74) is 0. The minimum absolute atomic E-state index is 0.0927. The molecule has 0 radical (unpaired) electrons. The van der Waals surface area contributed by atoms with Gasteiger partial charge < -0.3 is 14.3 Å². The number of carboxylic acids is 1. The summed E-state index contributed by atoms with van der Waals surface area (Å²) in [5.74, 6) is -0.802. The number of ether oxygens (including phenoxy) is 1. The molecule has 5 heteroatoms. The van der Waals surface area contributed by atoms with Gasteiger partial charge in [-0.25, -0.2) is 0 Å². The van der Waals surface area contributed by atoms with Crippen molar-refractivity contribution in [1.82, 2.24) is 0 Å². The van der Waals surface area contributed by atoms with E-state index in [1.54, 1.807) is 0 Å². The molecule has 1 N–H and O–H groups in total. The zero-order chi connectivity index (χ0) is 16.1. The van der Waals surface area contributed by atoms with Crippen molar-refractivity contribution in [3.8, 4) is 0 Å². The predicted octanol–water partition coefficient (Wildman–Crippen LogP) is 2.83. The highest BCUT2D eigenvalue weighted by Crippen LogP contribution is 2.10. The molecule has 0 aliphatic rings. The van der Waals surface area contributed by atoms with Crippen LogP contribution in [0.15, 0.2) is 0 Å². The van der Waals surface area contributed by atoms with Gasteiger partial charge in [-0.2, -0.15) is 0 Å². The molecule has 0 aromatic rings. The fraction of sp³-hybridized carbons (Fsp3) is 0.875. The van der Waals surface area contributed by atoms with Crippen LogP contribution in [-0.4, -0.2) is 55.8 Å². The van der Waals surface area contributed by atoms with Crippen LogP contribution in [0.2, 0.25) is 0 Å². The third-order valence-corrected chi connectivity index (χ3v) is 3.30. The lowest BCUT2D eigenvalue weighted by atomic mass is 10.1. The smallest absolute Gasteiger partial charge is 0.305 e. The van der Waals surface area contributed by atoms with Crippen molar-refractivity contribution in [1.29, 1.82) is 0 Å². The van der Waals surface area contributed by atoms with Crippen molar-refractivity contribution in [2.75, 3.05) is 34.3 Å². The Hall–Kier alpha value is -1.10. The zero-order valence-electron chi connectivity index (χ0n) is 13.9. The van der Waals surface area contributed by atoms with E-state index >= 15 is 0 Å². The van der Waals surface area contributed by atoms with E-state index in [1.165, 1.54) is 0 Å². The Balaban J connectivity index is 3.27. The van der Waals surface area contributed by atoms with Gasteiger partial charge in [0, 0.05) is 12.8 Å². The zero-order valence-corrected chi connectivity index (χ0v) is 13.9.